The van der Waals surface area contributed by atoms with Gasteiger partial charge in [0.05, 0.1) is 17.4 Å². The molecular formula is C16H23N3O. The van der Waals surface area contributed by atoms with Crippen LogP contribution in [0.3, 0.4) is 0 Å². The van der Waals surface area contributed by atoms with Crippen molar-refractivity contribution in [1.82, 2.24) is 14.9 Å². The van der Waals surface area contributed by atoms with E-state index < -0.39 is 0 Å². The molecule has 0 radical (unpaired) electrons. The minimum absolute atomic E-state index is 0.804. The van der Waals surface area contributed by atoms with Crippen LogP contribution in [0.1, 0.15) is 19.3 Å². The van der Waals surface area contributed by atoms with Crippen LogP contribution >= 0.6 is 0 Å². The molecule has 0 aliphatic carbocycles. The lowest BCUT2D eigenvalue weighted by atomic mass is 10.0. The zero-order valence-corrected chi connectivity index (χ0v) is 11.9. The molecule has 1 saturated heterocycles. The smallest absolute Gasteiger partial charge is 0.0958 e. The summed E-state index contributed by atoms with van der Waals surface area (Å²) >= 11 is 0. The molecule has 0 amide bonds. The number of ether oxygens (including phenoxy) is 1. The van der Waals surface area contributed by atoms with E-state index in [4.69, 9.17) is 4.74 Å². The maximum absolute atomic E-state index is 5.38. The summed E-state index contributed by atoms with van der Waals surface area (Å²) in [6.07, 6.45) is 5.50. The molecule has 1 aliphatic heterocycles. The molecule has 2 aromatic rings. The van der Waals surface area contributed by atoms with Gasteiger partial charge in [-0.05, 0) is 50.4 Å². The van der Waals surface area contributed by atoms with Crippen LogP contribution in [0, 0.1) is 5.92 Å². The van der Waals surface area contributed by atoms with E-state index in [0.717, 1.165) is 50.7 Å². The second kappa shape index (κ2) is 6.86. The van der Waals surface area contributed by atoms with Gasteiger partial charge >= 0.3 is 0 Å². The Labute approximate surface area is 120 Å². The largest absolute Gasteiger partial charge is 0.381 e. The van der Waals surface area contributed by atoms with Gasteiger partial charge in [0.25, 0.3) is 0 Å². The number of aromatic nitrogens is 2. The van der Waals surface area contributed by atoms with Gasteiger partial charge in [0, 0.05) is 19.8 Å². The van der Waals surface area contributed by atoms with Crippen LogP contribution in [0.25, 0.3) is 11.0 Å². The fourth-order valence-corrected chi connectivity index (χ4v) is 2.82. The Hall–Kier alpha value is -1.39. The Kier molecular flexibility index (Phi) is 4.66. The molecule has 4 nitrogen and oxygen atoms in total. The van der Waals surface area contributed by atoms with E-state index in [1.54, 1.807) is 0 Å². The van der Waals surface area contributed by atoms with Crippen LogP contribution < -0.4 is 5.32 Å². The molecule has 0 unspecified atom stereocenters. The number of benzene rings is 1. The number of nitrogens with zero attached hydrogens (tertiary/aromatic N) is 2. The molecule has 1 aromatic heterocycles. The Balaban J connectivity index is 1.39. The number of fused-ring (bicyclic) bond motifs is 1. The summed E-state index contributed by atoms with van der Waals surface area (Å²) in [6, 6.07) is 8.31. The van der Waals surface area contributed by atoms with E-state index in [0.29, 0.717) is 0 Å². The van der Waals surface area contributed by atoms with Crippen molar-refractivity contribution in [2.75, 3.05) is 26.3 Å². The van der Waals surface area contributed by atoms with Crippen molar-refractivity contribution in [3.63, 3.8) is 0 Å². The number of hydrogen-bond donors (Lipinski definition) is 1. The van der Waals surface area contributed by atoms with Crippen LogP contribution in [0.5, 0.6) is 0 Å². The van der Waals surface area contributed by atoms with Crippen molar-refractivity contribution in [2.45, 2.75) is 25.8 Å². The van der Waals surface area contributed by atoms with Crippen LogP contribution in [0.4, 0.5) is 0 Å². The van der Waals surface area contributed by atoms with E-state index in [-0.39, 0.29) is 0 Å². The summed E-state index contributed by atoms with van der Waals surface area (Å²) in [4.78, 5) is 4.42. The van der Waals surface area contributed by atoms with E-state index >= 15 is 0 Å². The van der Waals surface area contributed by atoms with E-state index in [1.807, 2.05) is 12.4 Å². The first-order valence-corrected chi connectivity index (χ1v) is 7.62. The molecule has 1 aliphatic rings. The molecule has 0 spiro atoms. The maximum atomic E-state index is 5.38. The molecule has 0 saturated carbocycles. The van der Waals surface area contributed by atoms with Crippen LogP contribution in [-0.2, 0) is 11.3 Å². The molecule has 1 fully saturated rings. The van der Waals surface area contributed by atoms with Gasteiger partial charge in [0.2, 0.25) is 0 Å². The third-order valence-electron chi connectivity index (χ3n) is 4.05. The predicted octanol–water partition coefficient (Wildman–Crippen LogP) is 2.44. The zero-order valence-electron chi connectivity index (χ0n) is 11.9. The van der Waals surface area contributed by atoms with Gasteiger partial charge in [-0.1, -0.05) is 12.1 Å². The number of aryl methyl sites for hydroxylation is 1. The summed E-state index contributed by atoms with van der Waals surface area (Å²) in [7, 11) is 0. The first-order chi connectivity index (χ1) is 9.93. The monoisotopic (exact) mass is 273 g/mol. The molecule has 2 heterocycles. The Morgan fingerprint density at radius 3 is 3.00 bits per heavy atom. The van der Waals surface area contributed by atoms with E-state index in [9.17, 15) is 0 Å². The summed E-state index contributed by atoms with van der Waals surface area (Å²) in [5, 5.41) is 3.58. The average molecular weight is 273 g/mol. The third kappa shape index (κ3) is 3.38. The summed E-state index contributed by atoms with van der Waals surface area (Å²) in [6.45, 7) is 5.11. The first-order valence-electron chi connectivity index (χ1n) is 7.62. The van der Waals surface area contributed by atoms with Crippen molar-refractivity contribution in [1.29, 1.82) is 0 Å². The van der Waals surface area contributed by atoms with Crippen molar-refractivity contribution < 1.29 is 4.74 Å². The molecule has 3 rings (SSSR count). The fourth-order valence-electron chi connectivity index (χ4n) is 2.82. The lowest BCUT2D eigenvalue weighted by Crippen LogP contribution is -2.28. The summed E-state index contributed by atoms with van der Waals surface area (Å²) in [5.41, 5.74) is 2.32. The number of nitrogens with one attached hydrogen (secondary N) is 1. The van der Waals surface area contributed by atoms with Crippen molar-refractivity contribution in [3.8, 4) is 0 Å². The van der Waals surface area contributed by atoms with Gasteiger partial charge < -0.3 is 14.6 Å². The molecule has 1 N–H and O–H groups in total. The highest BCUT2D eigenvalue weighted by Crippen LogP contribution is 2.13. The Bertz CT molecular complexity index is 531. The standard InChI is InChI=1S/C16H23N3O/c1-2-5-16-15(4-1)18-13-19(16)9-3-8-17-12-14-6-10-20-11-7-14/h1-2,4-5,13-14,17H,3,6-12H2. The van der Waals surface area contributed by atoms with Gasteiger partial charge in [0.1, 0.15) is 0 Å². The predicted molar refractivity (Wildman–Crippen MR) is 80.8 cm³/mol. The SMILES string of the molecule is c1ccc2c(c1)ncn2CCCNCC1CCOCC1. The van der Waals surface area contributed by atoms with Crippen LogP contribution in [0.2, 0.25) is 0 Å². The Morgan fingerprint density at radius 2 is 2.10 bits per heavy atom. The third-order valence-corrected chi connectivity index (χ3v) is 4.05. The van der Waals surface area contributed by atoms with Crippen molar-refractivity contribution in [2.24, 2.45) is 5.92 Å². The number of rotatable bonds is 6. The highest BCUT2D eigenvalue weighted by Gasteiger charge is 2.12. The van der Waals surface area contributed by atoms with Crippen molar-refractivity contribution in [3.05, 3.63) is 30.6 Å². The second-order valence-corrected chi connectivity index (χ2v) is 5.54. The summed E-state index contributed by atoms with van der Waals surface area (Å²) in [5.74, 6) is 0.804. The molecule has 108 valence electrons. The lowest BCUT2D eigenvalue weighted by molar-refractivity contribution is 0.0663. The minimum atomic E-state index is 0.804. The van der Waals surface area contributed by atoms with Gasteiger partial charge in [0.15, 0.2) is 0 Å². The fraction of sp³-hybridized carbons (Fsp3) is 0.562. The van der Waals surface area contributed by atoms with Crippen LogP contribution in [0.15, 0.2) is 30.6 Å². The number of hydrogen-bond acceptors (Lipinski definition) is 3. The van der Waals surface area contributed by atoms with Gasteiger partial charge in [-0.15, -0.1) is 0 Å². The van der Waals surface area contributed by atoms with Gasteiger partial charge in [-0.2, -0.15) is 0 Å². The van der Waals surface area contributed by atoms with Gasteiger partial charge in [-0.3, -0.25) is 0 Å². The van der Waals surface area contributed by atoms with Crippen LogP contribution in [-0.4, -0.2) is 35.9 Å². The van der Waals surface area contributed by atoms with E-state index in [1.165, 1.54) is 18.4 Å². The zero-order chi connectivity index (χ0) is 13.6. The minimum Gasteiger partial charge on any atom is -0.381 e. The Morgan fingerprint density at radius 1 is 1.25 bits per heavy atom. The highest BCUT2D eigenvalue weighted by molar-refractivity contribution is 5.74. The molecular weight excluding hydrogens is 250 g/mol. The van der Waals surface area contributed by atoms with Gasteiger partial charge in [-0.25, -0.2) is 4.98 Å². The topological polar surface area (TPSA) is 39.1 Å². The number of imidazole rings is 1. The van der Waals surface area contributed by atoms with E-state index in [2.05, 4.69) is 33.1 Å². The highest BCUT2D eigenvalue weighted by atomic mass is 16.5. The first kappa shape index (κ1) is 13.6. The summed E-state index contributed by atoms with van der Waals surface area (Å²) < 4.78 is 7.62. The normalized spacial score (nSPS) is 16.8. The maximum Gasteiger partial charge on any atom is 0.0958 e. The lowest BCUT2D eigenvalue weighted by Gasteiger charge is -2.22. The molecule has 1 aromatic carbocycles. The quantitative estimate of drug-likeness (QED) is 0.822. The molecule has 20 heavy (non-hydrogen) atoms. The second-order valence-electron chi connectivity index (χ2n) is 5.54. The average Bonchev–Trinajstić information content (AvgIpc) is 2.91. The number of para-hydroxylation sites is 2. The molecule has 4 heteroatoms. The van der Waals surface area contributed by atoms with Crippen molar-refractivity contribution >= 4 is 11.0 Å². The molecule has 0 bridgehead atoms. The molecule has 0 atom stereocenters.